The summed E-state index contributed by atoms with van der Waals surface area (Å²) in [4.78, 5) is 16.8. The van der Waals surface area contributed by atoms with Crippen LogP contribution in [0, 0.1) is 23.2 Å². The maximum absolute atomic E-state index is 13.1. The number of hydrogen-bond donors (Lipinski definition) is 1. The summed E-state index contributed by atoms with van der Waals surface area (Å²) in [5.41, 5.74) is 0.732. The number of aromatic nitrogens is 2. The van der Waals surface area contributed by atoms with E-state index in [1.807, 2.05) is 50.6 Å². The number of nitrogens with zero attached hydrogens (tertiary/aromatic N) is 2. The number of alkyl halides is 3. The Morgan fingerprint density at radius 2 is 1.89 bits per heavy atom. The molecule has 0 aromatic carbocycles. The van der Waals surface area contributed by atoms with Gasteiger partial charge in [-0.2, -0.15) is 13.2 Å². The predicted octanol–water partition coefficient (Wildman–Crippen LogP) is 5.45. The summed E-state index contributed by atoms with van der Waals surface area (Å²) in [6, 6.07) is 3.82. The standard InChI is InChI=1S/C21H26F3N3O/c1-13-7-15-14(25-17(13)26-16(28)8-18(2,3)4)5-6-27(15)12-19-9-20(10-19,11-19)21(22,23)24/h5-7H,8-12H2,1-4H3,(H,25,26,28). The summed E-state index contributed by atoms with van der Waals surface area (Å²) in [6.07, 6.45) is -1.09. The first-order valence-corrected chi connectivity index (χ1v) is 9.65. The van der Waals surface area contributed by atoms with Crippen molar-refractivity contribution in [2.24, 2.45) is 16.2 Å². The minimum absolute atomic E-state index is 0.0757. The second-order valence-electron chi connectivity index (χ2n) is 10.1. The van der Waals surface area contributed by atoms with Crippen molar-refractivity contribution in [2.75, 3.05) is 5.32 Å². The van der Waals surface area contributed by atoms with E-state index in [1.54, 1.807) is 0 Å². The molecule has 2 aromatic heterocycles. The minimum atomic E-state index is -4.08. The van der Waals surface area contributed by atoms with Crippen LogP contribution in [-0.2, 0) is 11.3 Å². The van der Waals surface area contributed by atoms with Crippen molar-refractivity contribution in [3.63, 3.8) is 0 Å². The Morgan fingerprint density at radius 1 is 1.25 bits per heavy atom. The summed E-state index contributed by atoms with van der Waals surface area (Å²) >= 11 is 0. The SMILES string of the molecule is Cc1cc2c(ccn2CC23CC(C(F)(F)F)(C2)C3)nc1NC(=O)CC(C)(C)C. The number of aryl methyl sites for hydroxylation is 1. The molecule has 2 bridgehead atoms. The molecule has 2 aromatic rings. The molecule has 0 spiro atoms. The Hall–Kier alpha value is -2.05. The first kappa shape index (κ1) is 19.3. The quantitative estimate of drug-likeness (QED) is 0.751. The highest BCUT2D eigenvalue weighted by atomic mass is 19.4. The van der Waals surface area contributed by atoms with Crippen molar-refractivity contribution in [1.29, 1.82) is 0 Å². The zero-order chi connectivity index (χ0) is 20.5. The van der Waals surface area contributed by atoms with E-state index in [-0.39, 0.29) is 36.0 Å². The summed E-state index contributed by atoms with van der Waals surface area (Å²) in [5.74, 6) is 0.467. The van der Waals surface area contributed by atoms with Gasteiger partial charge < -0.3 is 9.88 Å². The molecule has 0 saturated heterocycles. The Morgan fingerprint density at radius 3 is 2.46 bits per heavy atom. The van der Waals surface area contributed by atoms with Crippen LogP contribution in [0.15, 0.2) is 18.3 Å². The molecule has 0 radical (unpaired) electrons. The molecule has 0 unspecified atom stereocenters. The van der Waals surface area contributed by atoms with E-state index < -0.39 is 11.6 Å². The van der Waals surface area contributed by atoms with Crippen LogP contribution < -0.4 is 5.32 Å². The largest absolute Gasteiger partial charge is 0.394 e. The van der Waals surface area contributed by atoms with Crippen LogP contribution in [0.5, 0.6) is 0 Å². The molecular formula is C21H26F3N3O. The highest BCUT2D eigenvalue weighted by Gasteiger charge is 2.78. The van der Waals surface area contributed by atoms with Crippen LogP contribution in [0.1, 0.15) is 52.0 Å². The zero-order valence-corrected chi connectivity index (χ0v) is 16.7. The lowest BCUT2D eigenvalue weighted by Gasteiger charge is -2.70. The normalized spacial score (nSPS) is 26.7. The monoisotopic (exact) mass is 393 g/mol. The third-order valence-electron chi connectivity index (χ3n) is 6.14. The molecule has 0 atom stereocenters. The maximum Gasteiger partial charge on any atom is 0.394 e. The smallest absolute Gasteiger partial charge is 0.346 e. The van der Waals surface area contributed by atoms with E-state index in [2.05, 4.69) is 10.3 Å². The highest BCUT2D eigenvalue weighted by molar-refractivity contribution is 5.92. The molecule has 3 aliphatic carbocycles. The van der Waals surface area contributed by atoms with Crippen LogP contribution >= 0.6 is 0 Å². The van der Waals surface area contributed by atoms with Crippen molar-refractivity contribution in [3.05, 3.63) is 23.9 Å². The van der Waals surface area contributed by atoms with E-state index in [0.717, 1.165) is 16.6 Å². The summed E-state index contributed by atoms with van der Waals surface area (Å²) < 4.78 is 41.2. The van der Waals surface area contributed by atoms with Gasteiger partial charge in [-0.25, -0.2) is 4.98 Å². The molecule has 0 aliphatic heterocycles. The van der Waals surface area contributed by atoms with Gasteiger partial charge in [-0.3, -0.25) is 4.79 Å². The average molecular weight is 393 g/mol. The summed E-state index contributed by atoms with van der Waals surface area (Å²) in [5, 5.41) is 2.88. The van der Waals surface area contributed by atoms with E-state index in [1.165, 1.54) is 0 Å². The molecular weight excluding hydrogens is 367 g/mol. The maximum atomic E-state index is 13.1. The van der Waals surface area contributed by atoms with Crippen molar-refractivity contribution in [2.45, 2.75) is 66.1 Å². The lowest BCUT2D eigenvalue weighted by atomic mass is 9.35. The van der Waals surface area contributed by atoms with Crippen LogP contribution in [-0.4, -0.2) is 21.6 Å². The number of nitrogens with one attached hydrogen (secondary N) is 1. The Labute approximate surface area is 162 Å². The Kier molecular flexibility index (Phi) is 3.95. The van der Waals surface area contributed by atoms with E-state index in [0.29, 0.717) is 18.8 Å². The molecule has 5 rings (SSSR count). The van der Waals surface area contributed by atoms with Crippen molar-refractivity contribution in [1.82, 2.24) is 9.55 Å². The van der Waals surface area contributed by atoms with Crippen molar-refractivity contribution < 1.29 is 18.0 Å². The minimum Gasteiger partial charge on any atom is -0.346 e. The number of halogens is 3. The first-order chi connectivity index (χ1) is 12.8. The Bertz CT molecular complexity index is 932. The van der Waals surface area contributed by atoms with E-state index in [9.17, 15) is 18.0 Å². The van der Waals surface area contributed by atoms with Crippen molar-refractivity contribution >= 4 is 22.8 Å². The fourth-order valence-electron chi connectivity index (χ4n) is 4.96. The molecule has 28 heavy (non-hydrogen) atoms. The van der Waals surface area contributed by atoms with E-state index in [4.69, 9.17) is 0 Å². The number of hydrogen-bond acceptors (Lipinski definition) is 2. The molecule has 152 valence electrons. The van der Waals surface area contributed by atoms with Crippen LogP contribution in [0.3, 0.4) is 0 Å². The number of carbonyl (C=O) groups excluding carboxylic acids is 1. The van der Waals surface area contributed by atoms with Crippen molar-refractivity contribution in [3.8, 4) is 0 Å². The predicted molar refractivity (Wildman–Crippen MR) is 102 cm³/mol. The topological polar surface area (TPSA) is 46.9 Å². The van der Waals surface area contributed by atoms with Crippen LogP contribution in [0.25, 0.3) is 11.0 Å². The fourth-order valence-corrected chi connectivity index (χ4v) is 4.96. The average Bonchev–Trinajstić information content (AvgIpc) is 2.80. The third-order valence-corrected chi connectivity index (χ3v) is 6.14. The molecule has 3 fully saturated rings. The second kappa shape index (κ2) is 5.74. The van der Waals surface area contributed by atoms with Gasteiger partial charge in [0, 0.05) is 19.2 Å². The third kappa shape index (κ3) is 3.08. The van der Waals surface area contributed by atoms with Gasteiger partial charge in [0.25, 0.3) is 0 Å². The molecule has 3 aliphatic rings. The highest BCUT2D eigenvalue weighted by Crippen LogP contribution is 2.79. The number of pyridine rings is 1. The number of fused-ring (bicyclic) bond motifs is 1. The van der Waals surface area contributed by atoms with Gasteiger partial charge in [-0.1, -0.05) is 20.8 Å². The van der Waals surface area contributed by atoms with Crippen LogP contribution in [0.2, 0.25) is 0 Å². The van der Waals surface area contributed by atoms with Gasteiger partial charge in [0.1, 0.15) is 5.82 Å². The zero-order valence-electron chi connectivity index (χ0n) is 16.7. The number of amides is 1. The number of rotatable bonds is 4. The van der Waals surface area contributed by atoms with Gasteiger partial charge in [0.2, 0.25) is 5.91 Å². The lowest BCUT2D eigenvalue weighted by Crippen LogP contribution is -2.69. The van der Waals surface area contributed by atoms with Gasteiger partial charge in [-0.15, -0.1) is 0 Å². The molecule has 2 heterocycles. The van der Waals surface area contributed by atoms with Gasteiger partial charge in [-0.05, 0) is 54.7 Å². The second-order valence-corrected chi connectivity index (χ2v) is 10.1. The van der Waals surface area contributed by atoms with Gasteiger partial charge in [0.05, 0.1) is 16.4 Å². The molecule has 1 amide bonds. The van der Waals surface area contributed by atoms with Gasteiger partial charge in [0.15, 0.2) is 0 Å². The Balaban J connectivity index is 1.50. The molecule has 3 saturated carbocycles. The lowest BCUT2D eigenvalue weighted by molar-refractivity contribution is -0.366. The number of carbonyl (C=O) groups is 1. The van der Waals surface area contributed by atoms with E-state index >= 15 is 0 Å². The number of anilines is 1. The van der Waals surface area contributed by atoms with Gasteiger partial charge >= 0.3 is 6.18 Å². The summed E-state index contributed by atoms with van der Waals surface area (Å²) in [6.45, 7) is 8.49. The summed E-state index contributed by atoms with van der Waals surface area (Å²) in [7, 11) is 0. The van der Waals surface area contributed by atoms with Crippen LogP contribution in [0.4, 0.5) is 19.0 Å². The molecule has 7 heteroatoms. The fraction of sp³-hybridized carbons (Fsp3) is 0.619. The first-order valence-electron chi connectivity index (χ1n) is 9.65. The molecule has 1 N–H and O–H groups in total. The molecule has 4 nitrogen and oxygen atoms in total.